The third-order valence-electron chi connectivity index (χ3n) is 4.82. The smallest absolute Gasteiger partial charge is 0.245 e. The highest BCUT2D eigenvalue weighted by Gasteiger charge is 2.15. The molecule has 3 aromatic carbocycles. The first-order valence-electron chi connectivity index (χ1n) is 11.3. The molecule has 0 aliphatic heterocycles. The standard InChI is InChI=1S/C29H30N2O3/c1-22(2)21-34-26-17-15-25(16-18-26)29(30-27(32)19-13-23-9-5-3-6-10-23)31-28(33)20-14-24-11-7-4-8-12-24/h3-20,22,29H,21H2,1-2H3,(H,30,32)(H,31,33)/b19-13-,20-14-. The van der Waals surface area contributed by atoms with Crippen LogP contribution in [0.5, 0.6) is 5.75 Å². The van der Waals surface area contributed by atoms with Crippen molar-refractivity contribution in [3.05, 3.63) is 114 Å². The SMILES string of the molecule is CC(C)COc1ccc(C(NC(=O)/C=C\c2ccccc2)NC(=O)/C=C\c2ccccc2)cc1. The number of ether oxygens (including phenoxy) is 1. The maximum atomic E-state index is 12.6. The highest BCUT2D eigenvalue weighted by atomic mass is 16.5. The summed E-state index contributed by atoms with van der Waals surface area (Å²) in [4.78, 5) is 25.2. The largest absolute Gasteiger partial charge is 0.493 e. The van der Waals surface area contributed by atoms with Crippen LogP contribution in [0.1, 0.15) is 36.7 Å². The van der Waals surface area contributed by atoms with Crippen LogP contribution in [-0.4, -0.2) is 18.4 Å². The molecule has 0 heterocycles. The maximum absolute atomic E-state index is 12.6. The molecule has 2 amide bonds. The molecule has 0 spiro atoms. The third kappa shape index (κ3) is 8.43. The number of hydrogen-bond donors (Lipinski definition) is 2. The van der Waals surface area contributed by atoms with E-state index in [2.05, 4.69) is 24.5 Å². The lowest BCUT2D eigenvalue weighted by atomic mass is 10.1. The number of carbonyl (C=O) groups is 2. The van der Waals surface area contributed by atoms with Crippen molar-refractivity contribution < 1.29 is 14.3 Å². The highest BCUT2D eigenvalue weighted by Crippen LogP contribution is 2.18. The van der Waals surface area contributed by atoms with E-state index in [4.69, 9.17) is 4.74 Å². The van der Waals surface area contributed by atoms with E-state index in [1.807, 2.05) is 84.9 Å². The molecule has 0 unspecified atom stereocenters. The molecule has 0 radical (unpaired) electrons. The van der Waals surface area contributed by atoms with Crippen LogP contribution in [0.2, 0.25) is 0 Å². The van der Waals surface area contributed by atoms with Crippen molar-refractivity contribution in [2.45, 2.75) is 20.0 Å². The lowest BCUT2D eigenvalue weighted by Gasteiger charge is -2.20. The van der Waals surface area contributed by atoms with Crippen molar-refractivity contribution in [1.82, 2.24) is 10.6 Å². The molecular weight excluding hydrogens is 424 g/mol. The van der Waals surface area contributed by atoms with E-state index < -0.39 is 6.17 Å². The van der Waals surface area contributed by atoms with Crippen molar-refractivity contribution in [3.63, 3.8) is 0 Å². The van der Waals surface area contributed by atoms with Crippen LogP contribution in [0.4, 0.5) is 0 Å². The van der Waals surface area contributed by atoms with E-state index in [-0.39, 0.29) is 11.8 Å². The molecule has 0 saturated heterocycles. The average Bonchev–Trinajstić information content (AvgIpc) is 2.86. The molecule has 2 N–H and O–H groups in total. The molecular formula is C29H30N2O3. The van der Waals surface area contributed by atoms with Gasteiger partial charge in [-0.05, 0) is 46.9 Å². The van der Waals surface area contributed by atoms with E-state index in [0.717, 1.165) is 22.4 Å². The van der Waals surface area contributed by atoms with Gasteiger partial charge in [0.2, 0.25) is 11.8 Å². The topological polar surface area (TPSA) is 67.4 Å². The van der Waals surface area contributed by atoms with Gasteiger partial charge in [0.05, 0.1) is 6.61 Å². The van der Waals surface area contributed by atoms with Crippen LogP contribution < -0.4 is 15.4 Å². The molecule has 0 fully saturated rings. The first-order valence-corrected chi connectivity index (χ1v) is 11.3. The minimum atomic E-state index is -0.708. The first kappa shape index (κ1) is 24.5. The molecule has 34 heavy (non-hydrogen) atoms. The molecule has 0 atom stereocenters. The van der Waals surface area contributed by atoms with Gasteiger partial charge >= 0.3 is 0 Å². The summed E-state index contributed by atoms with van der Waals surface area (Å²) in [6, 6.07) is 26.4. The Morgan fingerprint density at radius 3 is 1.65 bits per heavy atom. The number of amides is 2. The van der Waals surface area contributed by atoms with Gasteiger partial charge in [-0.15, -0.1) is 0 Å². The molecule has 3 aromatic rings. The Hall–Kier alpha value is -4.12. The van der Waals surface area contributed by atoms with E-state index in [0.29, 0.717) is 12.5 Å². The van der Waals surface area contributed by atoms with Crippen LogP contribution in [0.15, 0.2) is 97.1 Å². The lowest BCUT2D eigenvalue weighted by molar-refractivity contribution is -0.119. The first-order chi connectivity index (χ1) is 16.5. The zero-order valence-corrected chi connectivity index (χ0v) is 19.5. The lowest BCUT2D eigenvalue weighted by Crippen LogP contribution is -2.39. The van der Waals surface area contributed by atoms with Gasteiger partial charge in [-0.25, -0.2) is 0 Å². The number of rotatable bonds is 10. The van der Waals surface area contributed by atoms with Gasteiger partial charge in [-0.1, -0.05) is 86.6 Å². The summed E-state index contributed by atoms with van der Waals surface area (Å²) in [6.07, 6.45) is 5.65. The van der Waals surface area contributed by atoms with Gasteiger partial charge in [-0.2, -0.15) is 0 Å². The van der Waals surface area contributed by atoms with Gasteiger partial charge in [-0.3, -0.25) is 9.59 Å². The summed E-state index contributed by atoms with van der Waals surface area (Å²) < 4.78 is 5.74. The molecule has 0 aliphatic carbocycles. The molecule has 5 nitrogen and oxygen atoms in total. The van der Waals surface area contributed by atoms with Crippen molar-refractivity contribution in [3.8, 4) is 5.75 Å². The summed E-state index contributed by atoms with van der Waals surface area (Å²) >= 11 is 0. The number of nitrogens with one attached hydrogen (secondary N) is 2. The van der Waals surface area contributed by atoms with Gasteiger partial charge in [0, 0.05) is 12.2 Å². The average molecular weight is 455 g/mol. The van der Waals surface area contributed by atoms with Crippen molar-refractivity contribution >= 4 is 24.0 Å². The molecule has 174 valence electrons. The van der Waals surface area contributed by atoms with E-state index in [1.54, 1.807) is 12.2 Å². The summed E-state index contributed by atoms with van der Waals surface area (Å²) in [5.41, 5.74) is 2.56. The van der Waals surface area contributed by atoms with Crippen LogP contribution in [0.25, 0.3) is 12.2 Å². The fraction of sp³-hybridized carbons (Fsp3) is 0.172. The third-order valence-corrected chi connectivity index (χ3v) is 4.82. The van der Waals surface area contributed by atoms with Gasteiger partial charge in [0.15, 0.2) is 0 Å². The van der Waals surface area contributed by atoms with Gasteiger partial charge in [0.1, 0.15) is 11.9 Å². The number of carbonyl (C=O) groups excluding carboxylic acids is 2. The fourth-order valence-electron chi connectivity index (χ4n) is 3.08. The Kier molecular flexibility index (Phi) is 9.23. The summed E-state index contributed by atoms with van der Waals surface area (Å²) in [6.45, 7) is 4.79. The molecule has 0 bridgehead atoms. The predicted molar refractivity (Wildman–Crippen MR) is 137 cm³/mol. The molecule has 0 saturated carbocycles. The normalized spacial score (nSPS) is 11.3. The molecule has 3 rings (SSSR count). The summed E-state index contributed by atoms with van der Waals surface area (Å²) in [7, 11) is 0. The van der Waals surface area contributed by atoms with E-state index in [1.165, 1.54) is 12.2 Å². The Labute approximate surface area is 201 Å². The Bertz CT molecular complexity index is 1040. The Morgan fingerprint density at radius 2 is 1.21 bits per heavy atom. The van der Waals surface area contributed by atoms with Crippen LogP contribution in [0.3, 0.4) is 0 Å². The predicted octanol–water partition coefficient (Wildman–Crippen LogP) is 5.38. The highest BCUT2D eigenvalue weighted by molar-refractivity contribution is 5.94. The van der Waals surface area contributed by atoms with E-state index >= 15 is 0 Å². The van der Waals surface area contributed by atoms with E-state index in [9.17, 15) is 9.59 Å². The van der Waals surface area contributed by atoms with Gasteiger partial charge in [0.25, 0.3) is 0 Å². The fourth-order valence-corrected chi connectivity index (χ4v) is 3.08. The van der Waals surface area contributed by atoms with Crippen LogP contribution in [0, 0.1) is 5.92 Å². The Balaban J connectivity index is 1.72. The molecule has 0 aliphatic rings. The summed E-state index contributed by atoms with van der Waals surface area (Å²) in [5.74, 6) is 0.517. The van der Waals surface area contributed by atoms with Crippen LogP contribution >= 0.6 is 0 Å². The molecule has 0 aromatic heterocycles. The minimum absolute atomic E-state index is 0.318. The zero-order valence-electron chi connectivity index (χ0n) is 19.5. The second kappa shape index (κ2) is 12.8. The monoisotopic (exact) mass is 454 g/mol. The van der Waals surface area contributed by atoms with Gasteiger partial charge < -0.3 is 15.4 Å². The van der Waals surface area contributed by atoms with Crippen LogP contribution in [-0.2, 0) is 9.59 Å². The van der Waals surface area contributed by atoms with Crippen molar-refractivity contribution in [2.24, 2.45) is 5.92 Å². The number of hydrogen-bond acceptors (Lipinski definition) is 3. The minimum Gasteiger partial charge on any atom is -0.493 e. The molecule has 5 heteroatoms. The second-order valence-corrected chi connectivity index (χ2v) is 8.21. The zero-order chi connectivity index (χ0) is 24.2. The summed E-state index contributed by atoms with van der Waals surface area (Å²) in [5, 5.41) is 5.74. The second-order valence-electron chi connectivity index (χ2n) is 8.21. The Morgan fingerprint density at radius 1 is 0.735 bits per heavy atom. The van der Waals surface area contributed by atoms with Crippen molar-refractivity contribution in [2.75, 3.05) is 6.61 Å². The van der Waals surface area contributed by atoms with Crippen molar-refractivity contribution in [1.29, 1.82) is 0 Å². The number of benzene rings is 3. The maximum Gasteiger partial charge on any atom is 0.245 e. The quantitative estimate of drug-likeness (QED) is 0.319.